The van der Waals surface area contributed by atoms with Crippen molar-refractivity contribution in [3.63, 3.8) is 0 Å². The van der Waals surface area contributed by atoms with Crippen LogP contribution in [0.25, 0.3) is 22.4 Å². The van der Waals surface area contributed by atoms with Crippen LogP contribution in [-0.2, 0) is 6.54 Å². The first-order chi connectivity index (χ1) is 15.9. The van der Waals surface area contributed by atoms with Crippen molar-refractivity contribution < 1.29 is 9.90 Å². The van der Waals surface area contributed by atoms with Crippen LogP contribution in [-0.4, -0.2) is 59.3 Å². The number of nitrogens with zero attached hydrogens (tertiary/aromatic N) is 5. The number of fused-ring (bicyclic) bond motifs is 1. The van der Waals surface area contributed by atoms with Crippen molar-refractivity contribution in [3.8, 4) is 11.4 Å². The molecule has 0 radical (unpaired) electrons. The molecule has 0 saturated carbocycles. The number of benzene rings is 1. The zero-order chi connectivity index (χ0) is 23.0. The van der Waals surface area contributed by atoms with Crippen LogP contribution < -0.4 is 5.56 Å². The van der Waals surface area contributed by atoms with Gasteiger partial charge >= 0.3 is 0 Å². The lowest BCUT2D eigenvalue weighted by Crippen LogP contribution is -2.50. The largest absolute Gasteiger partial charge is 0.388 e. The van der Waals surface area contributed by atoms with Crippen LogP contribution in [0.1, 0.15) is 23.2 Å². The molecule has 4 aromatic rings. The van der Waals surface area contributed by atoms with Gasteiger partial charge in [-0.1, -0.05) is 41.9 Å². The van der Waals surface area contributed by atoms with E-state index in [1.54, 1.807) is 11.0 Å². The van der Waals surface area contributed by atoms with Crippen LogP contribution in [0.3, 0.4) is 0 Å². The average Bonchev–Trinajstić information content (AvgIpc) is 3.30. The lowest BCUT2D eigenvalue weighted by Gasteiger charge is -2.38. The van der Waals surface area contributed by atoms with Gasteiger partial charge in [-0.15, -0.1) is 0 Å². The Balaban J connectivity index is 1.42. The van der Waals surface area contributed by atoms with Gasteiger partial charge in [0, 0.05) is 30.4 Å². The highest BCUT2D eigenvalue weighted by Crippen LogP contribution is 2.27. The molecule has 10 heteroatoms. The van der Waals surface area contributed by atoms with Gasteiger partial charge in [0.15, 0.2) is 5.65 Å². The summed E-state index contributed by atoms with van der Waals surface area (Å²) in [7, 11) is 0. The molecule has 1 aliphatic rings. The van der Waals surface area contributed by atoms with Crippen molar-refractivity contribution in [1.29, 1.82) is 0 Å². The molecule has 4 heterocycles. The van der Waals surface area contributed by atoms with Crippen molar-refractivity contribution in [1.82, 2.24) is 29.6 Å². The summed E-state index contributed by atoms with van der Waals surface area (Å²) in [6, 6.07) is 12.5. The molecule has 1 amide bonds. The number of nitrogens with one attached hydrogen (secondary N) is 1. The lowest BCUT2D eigenvalue weighted by atomic mass is 9.90. The Morgan fingerprint density at radius 3 is 2.67 bits per heavy atom. The number of piperidine rings is 1. The Kier molecular flexibility index (Phi) is 5.43. The second kappa shape index (κ2) is 8.42. The summed E-state index contributed by atoms with van der Waals surface area (Å²) in [6.07, 6.45) is 3.58. The molecule has 5 rings (SSSR count). The molecule has 1 aromatic carbocycles. The molecule has 0 atom stereocenters. The zero-order valence-electron chi connectivity index (χ0n) is 17.6. The Morgan fingerprint density at radius 2 is 1.94 bits per heavy atom. The van der Waals surface area contributed by atoms with E-state index in [1.165, 1.54) is 23.0 Å². The smallest absolute Gasteiger partial charge is 0.265 e. The molecule has 33 heavy (non-hydrogen) atoms. The van der Waals surface area contributed by atoms with E-state index in [9.17, 15) is 14.7 Å². The summed E-state index contributed by atoms with van der Waals surface area (Å²) >= 11 is 5.91. The minimum atomic E-state index is -1.17. The summed E-state index contributed by atoms with van der Waals surface area (Å²) in [5, 5.41) is 18.7. The molecule has 1 saturated heterocycles. The number of amides is 1. The monoisotopic (exact) mass is 464 g/mol. The van der Waals surface area contributed by atoms with Gasteiger partial charge < -0.3 is 10.0 Å². The molecular weight excluding hydrogens is 444 g/mol. The van der Waals surface area contributed by atoms with E-state index in [4.69, 9.17) is 11.6 Å². The highest BCUT2D eigenvalue weighted by Gasteiger charge is 2.36. The molecule has 168 valence electrons. The molecule has 1 aliphatic heterocycles. The number of hydrogen-bond donors (Lipinski definition) is 2. The first-order valence-electron chi connectivity index (χ1n) is 10.6. The predicted octanol–water partition coefficient (Wildman–Crippen LogP) is 2.50. The third-order valence-corrected chi connectivity index (χ3v) is 6.21. The first kappa shape index (κ1) is 21.3. The van der Waals surface area contributed by atoms with E-state index in [0.717, 1.165) is 5.56 Å². The fourth-order valence-electron chi connectivity index (χ4n) is 4.18. The fraction of sp³-hybridized carbons (Fsp3) is 0.261. The fourth-order valence-corrected chi connectivity index (χ4v) is 4.35. The van der Waals surface area contributed by atoms with E-state index >= 15 is 0 Å². The topological polar surface area (TPSA) is 117 Å². The minimum absolute atomic E-state index is 0.0628. The maximum Gasteiger partial charge on any atom is 0.265 e. The normalized spacial score (nSPS) is 15.6. The molecular formula is C23H21ClN6O3. The van der Waals surface area contributed by atoms with Gasteiger partial charge in [0.1, 0.15) is 16.4 Å². The van der Waals surface area contributed by atoms with E-state index in [2.05, 4.69) is 20.2 Å². The van der Waals surface area contributed by atoms with Crippen LogP contribution in [0.4, 0.5) is 0 Å². The maximum absolute atomic E-state index is 13.3. The van der Waals surface area contributed by atoms with E-state index in [1.807, 2.05) is 30.3 Å². The van der Waals surface area contributed by atoms with Crippen LogP contribution in [0.15, 0.2) is 59.7 Å². The van der Waals surface area contributed by atoms with Crippen LogP contribution in [0.5, 0.6) is 0 Å². The molecule has 0 aliphatic carbocycles. The molecule has 9 nitrogen and oxygen atoms in total. The number of carbonyl (C=O) groups excluding carboxylic acids is 1. The number of rotatable bonds is 4. The van der Waals surface area contributed by atoms with Crippen LogP contribution in [0, 0.1) is 0 Å². The molecule has 0 spiro atoms. The van der Waals surface area contributed by atoms with Gasteiger partial charge in [-0.2, -0.15) is 5.10 Å². The van der Waals surface area contributed by atoms with Crippen LogP contribution >= 0.6 is 11.6 Å². The third-order valence-electron chi connectivity index (χ3n) is 6.01. The van der Waals surface area contributed by atoms with Crippen molar-refractivity contribution in [3.05, 3.63) is 75.9 Å². The Bertz CT molecular complexity index is 1380. The van der Waals surface area contributed by atoms with E-state index in [0.29, 0.717) is 48.4 Å². The molecule has 3 aromatic heterocycles. The summed E-state index contributed by atoms with van der Waals surface area (Å²) in [6.45, 7) is 0.769. The molecule has 0 bridgehead atoms. The average molecular weight is 465 g/mol. The quantitative estimate of drug-likeness (QED) is 0.448. The standard InChI is InChI=1S/C23H21ClN6O3/c24-18-12-16(6-9-25-18)21(31)29-10-7-23(33,8-11-29)14-30-20(15-4-2-1-3-5-15)27-19-17(22(30)32)13-26-28-19/h1-6,9,12-13,33H,7-8,10-11,14H2,(H,26,28). The molecule has 1 fully saturated rings. The maximum atomic E-state index is 13.3. The second-order valence-electron chi connectivity index (χ2n) is 8.21. The van der Waals surface area contributed by atoms with Gasteiger partial charge in [0.05, 0.1) is 18.3 Å². The SMILES string of the molecule is O=C(c1ccnc(Cl)c1)N1CCC(O)(Cn2c(-c3ccccc3)nc3[nH]ncc3c2=O)CC1. The number of hydrogen-bond acceptors (Lipinski definition) is 6. The highest BCUT2D eigenvalue weighted by molar-refractivity contribution is 6.29. The van der Waals surface area contributed by atoms with Gasteiger partial charge in [-0.25, -0.2) is 9.97 Å². The summed E-state index contributed by atoms with van der Waals surface area (Å²) in [5.41, 5.74) is 0.179. The summed E-state index contributed by atoms with van der Waals surface area (Å²) < 4.78 is 1.51. The number of H-pyrrole nitrogens is 1. The van der Waals surface area contributed by atoms with E-state index in [-0.39, 0.29) is 23.2 Å². The lowest BCUT2D eigenvalue weighted by molar-refractivity contribution is -0.0296. The minimum Gasteiger partial charge on any atom is -0.388 e. The van der Waals surface area contributed by atoms with Crippen molar-refractivity contribution in [2.45, 2.75) is 25.0 Å². The number of carbonyl (C=O) groups is 1. The summed E-state index contributed by atoms with van der Waals surface area (Å²) in [5.74, 6) is 0.292. The Morgan fingerprint density at radius 1 is 1.18 bits per heavy atom. The molecule has 0 unspecified atom stereocenters. The number of pyridine rings is 1. The van der Waals surface area contributed by atoms with Gasteiger partial charge in [-0.3, -0.25) is 19.3 Å². The van der Waals surface area contributed by atoms with Crippen molar-refractivity contribution in [2.24, 2.45) is 0 Å². The Labute approximate surface area is 193 Å². The third kappa shape index (κ3) is 4.12. The molecule has 2 N–H and O–H groups in total. The van der Waals surface area contributed by atoms with Crippen molar-refractivity contribution >= 4 is 28.5 Å². The predicted molar refractivity (Wildman–Crippen MR) is 123 cm³/mol. The van der Waals surface area contributed by atoms with Gasteiger partial charge in [0.2, 0.25) is 0 Å². The summed E-state index contributed by atoms with van der Waals surface area (Å²) in [4.78, 5) is 36.3. The number of aromatic nitrogens is 5. The number of aromatic amines is 1. The Hall–Kier alpha value is -3.56. The van der Waals surface area contributed by atoms with E-state index < -0.39 is 5.60 Å². The highest BCUT2D eigenvalue weighted by atomic mass is 35.5. The number of halogens is 1. The number of likely N-dealkylation sites (tertiary alicyclic amines) is 1. The first-order valence-corrected chi connectivity index (χ1v) is 10.9. The second-order valence-corrected chi connectivity index (χ2v) is 8.60. The van der Waals surface area contributed by atoms with Crippen molar-refractivity contribution in [2.75, 3.05) is 13.1 Å². The van der Waals surface area contributed by atoms with Gasteiger partial charge in [-0.05, 0) is 25.0 Å². The zero-order valence-corrected chi connectivity index (χ0v) is 18.4. The number of aliphatic hydroxyl groups is 1. The van der Waals surface area contributed by atoms with Crippen LogP contribution in [0.2, 0.25) is 5.15 Å². The van der Waals surface area contributed by atoms with Gasteiger partial charge in [0.25, 0.3) is 11.5 Å².